The average molecular weight is 174 g/mol. The van der Waals surface area contributed by atoms with Gasteiger partial charge in [0.15, 0.2) is 0 Å². The van der Waals surface area contributed by atoms with Gasteiger partial charge < -0.3 is 0 Å². The molecule has 0 aliphatic heterocycles. The third-order valence-electron chi connectivity index (χ3n) is 2.27. The predicted octanol–water partition coefficient (Wildman–Crippen LogP) is 4.05. The van der Waals surface area contributed by atoms with E-state index in [1.807, 2.05) is 0 Å². The predicted molar refractivity (Wildman–Crippen MR) is 59.7 cm³/mol. The molecule has 0 aliphatic carbocycles. The van der Waals surface area contributed by atoms with Crippen LogP contribution in [0.4, 0.5) is 0 Å². The molecule has 0 heteroatoms. The van der Waals surface area contributed by atoms with Crippen molar-refractivity contribution in [3.63, 3.8) is 0 Å². The summed E-state index contributed by atoms with van der Waals surface area (Å²) in [5.74, 6) is 0. The Kier molecular flexibility index (Phi) is 2.60. The first kappa shape index (κ1) is 10.0. The van der Waals surface area contributed by atoms with E-state index in [0.717, 1.165) is 0 Å². The van der Waals surface area contributed by atoms with Gasteiger partial charge in [-0.1, -0.05) is 57.2 Å². The highest BCUT2D eigenvalue weighted by Gasteiger charge is 2.15. The van der Waals surface area contributed by atoms with Crippen LogP contribution in [0, 0.1) is 12.3 Å². The summed E-state index contributed by atoms with van der Waals surface area (Å²) in [5.41, 5.74) is 3.92. The topological polar surface area (TPSA) is 0 Å². The lowest BCUT2D eigenvalue weighted by atomic mass is 9.83. The smallest absolute Gasteiger partial charge is 0.0132 e. The third-order valence-corrected chi connectivity index (χ3v) is 2.27. The van der Waals surface area contributed by atoms with E-state index in [9.17, 15) is 0 Å². The molecule has 0 amide bonds. The van der Waals surface area contributed by atoms with Gasteiger partial charge in [-0.2, -0.15) is 0 Å². The Labute approximate surface area is 81.3 Å². The second kappa shape index (κ2) is 3.37. The highest BCUT2D eigenvalue weighted by molar-refractivity contribution is 5.67. The van der Waals surface area contributed by atoms with E-state index in [2.05, 4.69) is 58.5 Å². The van der Waals surface area contributed by atoms with Gasteiger partial charge in [-0.05, 0) is 23.5 Å². The van der Waals surface area contributed by atoms with E-state index in [0.29, 0.717) is 0 Å². The normalized spacial score (nSPS) is 11.4. The summed E-state index contributed by atoms with van der Waals surface area (Å²) < 4.78 is 0. The molecule has 0 atom stereocenters. The molecule has 13 heavy (non-hydrogen) atoms. The summed E-state index contributed by atoms with van der Waals surface area (Å²) >= 11 is 0. The van der Waals surface area contributed by atoms with Gasteiger partial charge in [0.2, 0.25) is 0 Å². The molecule has 0 spiro atoms. The van der Waals surface area contributed by atoms with E-state index in [1.165, 1.54) is 16.7 Å². The minimum Gasteiger partial charge on any atom is -0.0947 e. The Morgan fingerprint density at radius 3 is 2.31 bits per heavy atom. The standard InChI is InChI=1S/C13H18/c1-10-7-6-8-12(9-10)11(2)13(3,4)5/h6-9H,2H2,1,3-5H3. The lowest BCUT2D eigenvalue weighted by Gasteiger charge is -2.22. The van der Waals surface area contributed by atoms with Crippen molar-refractivity contribution >= 4 is 5.57 Å². The number of hydrogen-bond donors (Lipinski definition) is 0. The molecular weight excluding hydrogens is 156 g/mol. The molecule has 0 saturated heterocycles. The number of hydrogen-bond acceptors (Lipinski definition) is 0. The Morgan fingerprint density at radius 1 is 1.23 bits per heavy atom. The molecule has 0 saturated carbocycles. The van der Waals surface area contributed by atoms with Crippen molar-refractivity contribution in [2.24, 2.45) is 5.41 Å². The van der Waals surface area contributed by atoms with Crippen LogP contribution >= 0.6 is 0 Å². The van der Waals surface area contributed by atoms with Crippen LogP contribution in [0.1, 0.15) is 31.9 Å². The first-order chi connectivity index (χ1) is 5.91. The molecule has 0 N–H and O–H groups in total. The minimum absolute atomic E-state index is 0.161. The molecule has 0 radical (unpaired) electrons. The summed E-state index contributed by atoms with van der Waals surface area (Å²) in [4.78, 5) is 0. The van der Waals surface area contributed by atoms with Gasteiger partial charge in [0, 0.05) is 0 Å². The fraction of sp³-hybridized carbons (Fsp3) is 0.385. The van der Waals surface area contributed by atoms with Crippen LogP contribution in [0.3, 0.4) is 0 Å². The van der Waals surface area contributed by atoms with Crippen molar-refractivity contribution in [2.75, 3.05) is 0 Å². The zero-order valence-corrected chi connectivity index (χ0v) is 9.02. The molecule has 1 rings (SSSR count). The molecule has 0 nitrogen and oxygen atoms in total. The highest BCUT2D eigenvalue weighted by Crippen LogP contribution is 2.32. The summed E-state index contributed by atoms with van der Waals surface area (Å²) in [5, 5.41) is 0. The first-order valence-electron chi connectivity index (χ1n) is 4.67. The van der Waals surface area contributed by atoms with Crippen molar-refractivity contribution < 1.29 is 0 Å². The Morgan fingerprint density at radius 2 is 1.85 bits per heavy atom. The van der Waals surface area contributed by atoms with Crippen LogP contribution in [0.15, 0.2) is 30.8 Å². The Bertz CT molecular complexity index is 313. The second-order valence-corrected chi connectivity index (χ2v) is 4.60. The first-order valence-corrected chi connectivity index (χ1v) is 4.67. The van der Waals surface area contributed by atoms with Crippen LogP contribution in [0.2, 0.25) is 0 Å². The maximum atomic E-state index is 4.14. The van der Waals surface area contributed by atoms with E-state index in [-0.39, 0.29) is 5.41 Å². The quantitative estimate of drug-likeness (QED) is 0.602. The summed E-state index contributed by atoms with van der Waals surface area (Å²) in [6.45, 7) is 12.8. The van der Waals surface area contributed by atoms with Crippen molar-refractivity contribution in [1.29, 1.82) is 0 Å². The monoisotopic (exact) mass is 174 g/mol. The zero-order valence-electron chi connectivity index (χ0n) is 9.02. The van der Waals surface area contributed by atoms with Crippen LogP contribution < -0.4 is 0 Å². The number of allylic oxidation sites excluding steroid dienone is 1. The number of rotatable bonds is 1. The van der Waals surface area contributed by atoms with Crippen molar-refractivity contribution in [2.45, 2.75) is 27.7 Å². The fourth-order valence-corrected chi connectivity index (χ4v) is 1.27. The SMILES string of the molecule is C=C(c1cccc(C)c1)C(C)(C)C. The maximum Gasteiger partial charge on any atom is -0.0132 e. The van der Waals surface area contributed by atoms with Crippen molar-refractivity contribution in [3.8, 4) is 0 Å². The Balaban J connectivity index is 3.03. The molecule has 0 unspecified atom stereocenters. The minimum atomic E-state index is 0.161. The molecule has 1 aromatic rings. The fourth-order valence-electron chi connectivity index (χ4n) is 1.27. The van der Waals surface area contributed by atoms with Gasteiger partial charge in [-0.25, -0.2) is 0 Å². The molecule has 1 aromatic carbocycles. The van der Waals surface area contributed by atoms with E-state index >= 15 is 0 Å². The van der Waals surface area contributed by atoms with Crippen molar-refractivity contribution in [3.05, 3.63) is 42.0 Å². The summed E-state index contributed by atoms with van der Waals surface area (Å²) in [7, 11) is 0. The zero-order chi connectivity index (χ0) is 10.1. The van der Waals surface area contributed by atoms with E-state index < -0.39 is 0 Å². The van der Waals surface area contributed by atoms with Gasteiger partial charge in [0.1, 0.15) is 0 Å². The molecule has 0 heterocycles. The van der Waals surface area contributed by atoms with Crippen LogP contribution in [-0.4, -0.2) is 0 Å². The maximum absolute atomic E-state index is 4.14. The molecule has 0 bridgehead atoms. The second-order valence-electron chi connectivity index (χ2n) is 4.60. The number of aryl methyl sites for hydroxylation is 1. The van der Waals surface area contributed by atoms with Gasteiger partial charge >= 0.3 is 0 Å². The lowest BCUT2D eigenvalue weighted by molar-refractivity contribution is 0.568. The van der Waals surface area contributed by atoms with Gasteiger partial charge in [-0.3, -0.25) is 0 Å². The largest absolute Gasteiger partial charge is 0.0947 e. The van der Waals surface area contributed by atoms with Gasteiger partial charge in [-0.15, -0.1) is 0 Å². The van der Waals surface area contributed by atoms with Crippen molar-refractivity contribution in [1.82, 2.24) is 0 Å². The van der Waals surface area contributed by atoms with Gasteiger partial charge in [0.25, 0.3) is 0 Å². The third kappa shape index (κ3) is 2.45. The van der Waals surface area contributed by atoms with E-state index in [4.69, 9.17) is 0 Å². The average Bonchev–Trinajstić information content (AvgIpc) is 2.01. The van der Waals surface area contributed by atoms with Crippen LogP contribution in [-0.2, 0) is 0 Å². The lowest BCUT2D eigenvalue weighted by Crippen LogP contribution is -2.07. The summed E-state index contributed by atoms with van der Waals surface area (Å²) in [6.07, 6.45) is 0. The molecule has 0 aliphatic rings. The number of benzene rings is 1. The molecule has 70 valence electrons. The Hall–Kier alpha value is -1.04. The molecular formula is C13H18. The molecule has 0 aromatic heterocycles. The van der Waals surface area contributed by atoms with Gasteiger partial charge in [0.05, 0.1) is 0 Å². The molecule has 0 fully saturated rings. The summed E-state index contributed by atoms with van der Waals surface area (Å²) in [6, 6.07) is 8.51. The van der Waals surface area contributed by atoms with Crippen LogP contribution in [0.5, 0.6) is 0 Å². The van der Waals surface area contributed by atoms with E-state index in [1.54, 1.807) is 0 Å². The van der Waals surface area contributed by atoms with Crippen LogP contribution in [0.25, 0.3) is 5.57 Å². The highest BCUT2D eigenvalue weighted by atomic mass is 14.2.